The molecule has 0 fully saturated rings. The summed E-state index contributed by atoms with van der Waals surface area (Å²) in [5.41, 5.74) is 0.841. The smallest absolute Gasteiger partial charge is 0.257 e. The fourth-order valence-electron chi connectivity index (χ4n) is 1.34. The summed E-state index contributed by atoms with van der Waals surface area (Å²) >= 11 is 5.84. The number of aromatic nitrogens is 1. The Balaban J connectivity index is 2.20. The highest BCUT2D eigenvalue weighted by atomic mass is 35.5. The lowest BCUT2D eigenvalue weighted by Gasteiger charge is -2.06. The average Bonchev–Trinajstić information content (AvgIpc) is 2.29. The van der Waals surface area contributed by atoms with Crippen LogP contribution in [0, 0.1) is 0 Å². The molecule has 5 heteroatoms. The summed E-state index contributed by atoms with van der Waals surface area (Å²) in [6, 6.07) is 7.81. The van der Waals surface area contributed by atoms with Crippen molar-refractivity contribution in [2.75, 3.05) is 5.32 Å². The Labute approximate surface area is 103 Å². The van der Waals surface area contributed by atoms with Crippen molar-refractivity contribution in [3.63, 3.8) is 0 Å². The predicted molar refractivity (Wildman–Crippen MR) is 65.3 cm³/mol. The predicted octanol–water partition coefficient (Wildman–Crippen LogP) is 2.69. The Bertz CT molecular complexity index is 558. The second-order valence-corrected chi connectivity index (χ2v) is 3.77. The number of anilines is 1. The van der Waals surface area contributed by atoms with Crippen LogP contribution in [0.4, 0.5) is 5.69 Å². The highest BCUT2D eigenvalue weighted by Gasteiger charge is 2.10. The van der Waals surface area contributed by atoms with E-state index in [0.717, 1.165) is 0 Å². The van der Waals surface area contributed by atoms with Crippen molar-refractivity contribution in [3.8, 4) is 5.75 Å². The summed E-state index contributed by atoms with van der Waals surface area (Å²) in [5, 5.41) is 12.2. The van der Waals surface area contributed by atoms with E-state index < -0.39 is 0 Å². The van der Waals surface area contributed by atoms with Gasteiger partial charge in [0.2, 0.25) is 0 Å². The first-order valence-electron chi connectivity index (χ1n) is 4.87. The van der Waals surface area contributed by atoms with E-state index in [1.165, 1.54) is 30.6 Å². The third kappa shape index (κ3) is 2.73. The Hall–Kier alpha value is -2.07. The molecule has 2 N–H and O–H groups in total. The Morgan fingerprint density at radius 1 is 1.35 bits per heavy atom. The van der Waals surface area contributed by atoms with Crippen LogP contribution < -0.4 is 5.32 Å². The van der Waals surface area contributed by atoms with Crippen LogP contribution in [0.2, 0.25) is 5.02 Å². The molecule has 2 rings (SSSR count). The number of carbonyl (C=O) groups excluding carboxylic acids is 1. The summed E-state index contributed by atoms with van der Waals surface area (Å²) in [4.78, 5) is 15.6. The van der Waals surface area contributed by atoms with E-state index in [1.807, 2.05) is 0 Å². The summed E-state index contributed by atoms with van der Waals surface area (Å²) < 4.78 is 0. The van der Waals surface area contributed by atoms with Gasteiger partial charge in [0.25, 0.3) is 5.91 Å². The zero-order chi connectivity index (χ0) is 12.3. The molecule has 1 amide bonds. The van der Waals surface area contributed by atoms with Crippen molar-refractivity contribution < 1.29 is 9.90 Å². The van der Waals surface area contributed by atoms with Crippen LogP contribution >= 0.6 is 11.6 Å². The van der Waals surface area contributed by atoms with E-state index in [-0.39, 0.29) is 16.7 Å². The minimum Gasteiger partial charge on any atom is -0.508 e. The lowest BCUT2D eigenvalue weighted by atomic mass is 10.2. The molecule has 1 heterocycles. The van der Waals surface area contributed by atoms with Crippen molar-refractivity contribution in [1.29, 1.82) is 0 Å². The van der Waals surface area contributed by atoms with Crippen LogP contribution in [0.5, 0.6) is 5.75 Å². The number of aromatic hydroxyl groups is 1. The van der Waals surface area contributed by atoms with Gasteiger partial charge in [-0.2, -0.15) is 0 Å². The van der Waals surface area contributed by atoms with Gasteiger partial charge < -0.3 is 10.4 Å². The number of hydrogen-bond acceptors (Lipinski definition) is 3. The van der Waals surface area contributed by atoms with Crippen LogP contribution in [0.3, 0.4) is 0 Å². The van der Waals surface area contributed by atoms with Crippen LogP contribution in [-0.4, -0.2) is 16.0 Å². The molecule has 0 aliphatic heterocycles. The number of phenolic OH excluding ortho intramolecular Hbond substituents is 1. The lowest BCUT2D eigenvalue weighted by molar-refractivity contribution is 0.102. The maximum absolute atomic E-state index is 11.8. The highest BCUT2D eigenvalue weighted by molar-refractivity contribution is 6.34. The van der Waals surface area contributed by atoms with Gasteiger partial charge in [-0.3, -0.25) is 9.78 Å². The maximum atomic E-state index is 11.8. The van der Waals surface area contributed by atoms with Gasteiger partial charge in [-0.15, -0.1) is 0 Å². The van der Waals surface area contributed by atoms with Gasteiger partial charge in [0.15, 0.2) is 0 Å². The van der Waals surface area contributed by atoms with E-state index in [4.69, 9.17) is 11.6 Å². The van der Waals surface area contributed by atoms with Crippen molar-refractivity contribution >= 4 is 23.2 Å². The fourth-order valence-corrected chi connectivity index (χ4v) is 1.55. The van der Waals surface area contributed by atoms with Crippen molar-refractivity contribution in [2.45, 2.75) is 0 Å². The number of phenols is 1. The van der Waals surface area contributed by atoms with Crippen molar-refractivity contribution in [2.24, 2.45) is 0 Å². The van der Waals surface area contributed by atoms with E-state index in [9.17, 15) is 9.90 Å². The molecular weight excluding hydrogens is 240 g/mol. The van der Waals surface area contributed by atoms with Gasteiger partial charge in [0.05, 0.1) is 10.6 Å². The first kappa shape index (κ1) is 11.4. The SMILES string of the molecule is O=C(Nc1cccc(O)c1)c1ccncc1Cl. The molecule has 0 unspecified atom stereocenters. The van der Waals surface area contributed by atoms with Crippen LogP contribution in [-0.2, 0) is 0 Å². The summed E-state index contributed by atoms with van der Waals surface area (Å²) in [7, 11) is 0. The van der Waals surface area contributed by atoms with Crippen LogP contribution in [0.1, 0.15) is 10.4 Å². The minimum absolute atomic E-state index is 0.0867. The van der Waals surface area contributed by atoms with E-state index in [2.05, 4.69) is 10.3 Å². The van der Waals surface area contributed by atoms with E-state index >= 15 is 0 Å². The van der Waals surface area contributed by atoms with Crippen molar-refractivity contribution in [1.82, 2.24) is 4.98 Å². The monoisotopic (exact) mass is 248 g/mol. The molecule has 86 valence electrons. The summed E-state index contributed by atoms with van der Waals surface area (Å²) in [6.07, 6.45) is 2.89. The van der Waals surface area contributed by atoms with E-state index in [1.54, 1.807) is 12.1 Å². The maximum Gasteiger partial charge on any atom is 0.257 e. The summed E-state index contributed by atoms with van der Waals surface area (Å²) in [6.45, 7) is 0. The molecular formula is C12H9ClN2O2. The second kappa shape index (κ2) is 4.84. The standard InChI is InChI=1S/C12H9ClN2O2/c13-11-7-14-5-4-10(11)12(17)15-8-2-1-3-9(16)6-8/h1-7,16H,(H,15,17). The number of amides is 1. The summed E-state index contributed by atoms with van der Waals surface area (Å²) in [5.74, 6) is -0.258. The fraction of sp³-hybridized carbons (Fsp3) is 0. The Morgan fingerprint density at radius 3 is 2.88 bits per heavy atom. The molecule has 0 saturated heterocycles. The topological polar surface area (TPSA) is 62.2 Å². The molecule has 17 heavy (non-hydrogen) atoms. The third-order valence-corrected chi connectivity index (χ3v) is 2.42. The van der Waals surface area contributed by atoms with Gasteiger partial charge in [-0.05, 0) is 18.2 Å². The molecule has 0 aliphatic carbocycles. The van der Waals surface area contributed by atoms with Gasteiger partial charge in [0.1, 0.15) is 5.75 Å². The average molecular weight is 249 g/mol. The van der Waals surface area contributed by atoms with Gasteiger partial charge >= 0.3 is 0 Å². The van der Waals surface area contributed by atoms with Crippen LogP contribution in [0.25, 0.3) is 0 Å². The number of nitrogens with zero attached hydrogens (tertiary/aromatic N) is 1. The lowest BCUT2D eigenvalue weighted by Crippen LogP contribution is -2.12. The Morgan fingerprint density at radius 2 is 2.18 bits per heavy atom. The quantitative estimate of drug-likeness (QED) is 0.859. The van der Waals surface area contributed by atoms with Crippen molar-refractivity contribution in [3.05, 3.63) is 53.3 Å². The molecule has 0 saturated carbocycles. The number of hydrogen-bond donors (Lipinski definition) is 2. The second-order valence-electron chi connectivity index (χ2n) is 3.36. The first-order chi connectivity index (χ1) is 8.16. The molecule has 0 atom stereocenters. The normalized spacial score (nSPS) is 9.94. The molecule has 0 radical (unpaired) electrons. The number of carbonyl (C=O) groups is 1. The number of rotatable bonds is 2. The highest BCUT2D eigenvalue weighted by Crippen LogP contribution is 2.18. The largest absolute Gasteiger partial charge is 0.508 e. The number of nitrogens with one attached hydrogen (secondary N) is 1. The van der Waals surface area contributed by atoms with Gasteiger partial charge in [-0.1, -0.05) is 17.7 Å². The van der Waals surface area contributed by atoms with Gasteiger partial charge in [-0.25, -0.2) is 0 Å². The molecule has 0 bridgehead atoms. The van der Waals surface area contributed by atoms with E-state index in [0.29, 0.717) is 11.3 Å². The molecule has 2 aromatic rings. The molecule has 0 aliphatic rings. The molecule has 4 nitrogen and oxygen atoms in total. The Kier molecular flexibility index (Phi) is 3.25. The van der Waals surface area contributed by atoms with Crippen LogP contribution in [0.15, 0.2) is 42.7 Å². The zero-order valence-corrected chi connectivity index (χ0v) is 9.48. The molecule has 1 aromatic heterocycles. The van der Waals surface area contributed by atoms with Gasteiger partial charge in [0, 0.05) is 24.1 Å². The number of benzene rings is 1. The molecule has 0 spiro atoms. The number of pyridine rings is 1. The zero-order valence-electron chi connectivity index (χ0n) is 8.72. The number of halogens is 1. The molecule has 1 aromatic carbocycles. The first-order valence-corrected chi connectivity index (χ1v) is 5.24. The third-order valence-electron chi connectivity index (χ3n) is 2.12. The minimum atomic E-state index is -0.344.